The number of benzene rings is 1. The Hall–Kier alpha value is -2.58. The topological polar surface area (TPSA) is 58.4 Å². The Morgan fingerprint density at radius 2 is 1.65 bits per heavy atom. The van der Waals surface area contributed by atoms with Crippen LogP contribution in [0.1, 0.15) is 66.4 Å². The second-order valence-electron chi connectivity index (χ2n) is 7.79. The van der Waals surface area contributed by atoms with Crippen LogP contribution in [0.15, 0.2) is 36.5 Å². The molecule has 0 bridgehead atoms. The number of rotatable bonds is 11. The molecule has 0 N–H and O–H groups in total. The first-order valence-electron chi connectivity index (χ1n) is 11.4. The summed E-state index contributed by atoms with van der Waals surface area (Å²) in [5, 5.41) is 9.81. The third kappa shape index (κ3) is 7.88. The quantitative estimate of drug-likeness (QED) is 0.413. The van der Waals surface area contributed by atoms with Gasteiger partial charge in [-0.15, -0.1) is 0 Å². The van der Waals surface area contributed by atoms with Gasteiger partial charge in [-0.1, -0.05) is 39.8 Å². The summed E-state index contributed by atoms with van der Waals surface area (Å²) in [6.45, 7) is 15.0. The lowest BCUT2D eigenvalue weighted by atomic mass is 10.0. The van der Waals surface area contributed by atoms with Crippen molar-refractivity contribution in [1.82, 2.24) is 4.98 Å². The average Bonchev–Trinajstić information content (AvgIpc) is 2.78. The molecular weight excluding hydrogens is 386 g/mol. The Labute approximate surface area is 189 Å². The van der Waals surface area contributed by atoms with Crippen molar-refractivity contribution in [2.45, 2.75) is 66.4 Å². The van der Waals surface area contributed by atoms with Gasteiger partial charge in [0, 0.05) is 50.7 Å². The Kier molecular flexibility index (Phi) is 11.7. The van der Waals surface area contributed by atoms with Gasteiger partial charge in [-0.05, 0) is 50.5 Å². The molecule has 0 aliphatic heterocycles. The van der Waals surface area contributed by atoms with Crippen LogP contribution < -0.4 is 9.64 Å². The molecule has 1 aromatic heterocycles. The smallest absolute Gasteiger partial charge is 0.232 e. The standard InChI is InChI=1S/C24H33N3O2.C2H6/c1-6-15-27(16-7-2)20-10-8-19(9-11-20)21-12-14-26-23(22(21)18-25)29-24(3,4)13-17-28-5;1-2/h8-12,14H,6-7,13,15-17H2,1-5H3;1-2H3. The van der Waals surface area contributed by atoms with E-state index in [-0.39, 0.29) is 0 Å². The summed E-state index contributed by atoms with van der Waals surface area (Å²) in [4.78, 5) is 6.73. The van der Waals surface area contributed by atoms with Crippen molar-refractivity contribution in [1.29, 1.82) is 5.26 Å². The number of ether oxygens (including phenoxy) is 2. The second-order valence-corrected chi connectivity index (χ2v) is 7.79. The van der Waals surface area contributed by atoms with Crippen molar-refractivity contribution in [3.05, 3.63) is 42.1 Å². The van der Waals surface area contributed by atoms with E-state index in [0.29, 0.717) is 24.5 Å². The number of aromatic nitrogens is 1. The van der Waals surface area contributed by atoms with E-state index in [1.54, 1.807) is 13.3 Å². The van der Waals surface area contributed by atoms with Gasteiger partial charge in [0.15, 0.2) is 0 Å². The molecule has 0 aliphatic rings. The second kappa shape index (κ2) is 13.7. The monoisotopic (exact) mass is 425 g/mol. The Bertz CT molecular complexity index is 804. The maximum Gasteiger partial charge on any atom is 0.232 e. The predicted molar refractivity (Wildman–Crippen MR) is 130 cm³/mol. The largest absolute Gasteiger partial charge is 0.471 e. The first-order chi connectivity index (χ1) is 15.0. The van der Waals surface area contributed by atoms with E-state index in [4.69, 9.17) is 9.47 Å². The molecule has 0 saturated heterocycles. The van der Waals surface area contributed by atoms with Crippen LogP contribution in [0.5, 0.6) is 5.88 Å². The maximum atomic E-state index is 9.81. The third-order valence-electron chi connectivity index (χ3n) is 4.84. The number of hydrogen-bond donors (Lipinski definition) is 0. The van der Waals surface area contributed by atoms with Gasteiger partial charge in [0.1, 0.15) is 17.2 Å². The van der Waals surface area contributed by atoms with Crippen LogP contribution in [0.2, 0.25) is 0 Å². The zero-order valence-corrected chi connectivity index (χ0v) is 20.4. The highest BCUT2D eigenvalue weighted by Crippen LogP contribution is 2.32. The Balaban J connectivity index is 0.00000233. The Morgan fingerprint density at radius 3 is 2.16 bits per heavy atom. The lowest BCUT2D eigenvalue weighted by Crippen LogP contribution is -2.30. The predicted octanol–water partition coefficient (Wildman–Crippen LogP) is 6.47. The number of hydrogen-bond acceptors (Lipinski definition) is 5. The molecule has 31 heavy (non-hydrogen) atoms. The molecule has 1 heterocycles. The molecule has 0 unspecified atom stereocenters. The summed E-state index contributed by atoms with van der Waals surface area (Å²) >= 11 is 0. The highest BCUT2D eigenvalue weighted by atomic mass is 16.5. The third-order valence-corrected chi connectivity index (χ3v) is 4.84. The molecule has 0 saturated carbocycles. The van der Waals surface area contributed by atoms with Crippen molar-refractivity contribution in [2.24, 2.45) is 0 Å². The number of pyridine rings is 1. The molecule has 5 heteroatoms. The van der Waals surface area contributed by atoms with Crippen LogP contribution in [-0.4, -0.2) is 37.4 Å². The van der Waals surface area contributed by atoms with Crippen LogP contribution in [0.25, 0.3) is 11.1 Å². The lowest BCUT2D eigenvalue weighted by Gasteiger charge is -2.26. The van der Waals surface area contributed by atoms with Crippen molar-refractivity contribution in [3.8, 4) is 23.1 Å². The highest BCUT2D eigenvalue weighted by molar-refractivity contribution is 5.73. The molecule has 2 aromatic rings. The SMILES string of the molecule is CC.CCCN(CCC)c1ccc(-c2ccnc(OC(C)(C)CCOC)c2C#N)cc1. The van der Waals surface area contributed by atoms with E-state index in [2.05, 4.69) is 54.1 Å². The normalized spacial score (nSPS) is 10.6. The molecule has 0 fully saturated rings. The molecule has 2 rings (SSSR count). The summed E-state index contributed by atoms with van der Waals surface area (Å²) in [5.74, 6) is 0.369. The van der Waals surface area contributed by atoms with Crippen LogP contribution >= 0.6 is 0 Å². The molecule has 0 aliphatic carbocycles. The van der Waals surface area contributed by atoms with Gasteiger partial charge in [-0.2, -0.15) is 5.26 Å². The van der Waals surface area contributed by atoms with E-state index in [1.165, 1.54) is 5.69 Å². The first kappa shape index (κ1) is 26.5. The lowest BCUT2D eigenvalue weighted by molar-refractivity contribution is 0.0588. The fourth-order valence-corrected chi connectivity index (χ4v) is 3.29. The minimum absolute atomic E-state index is 0.369. The van der Waals surface area contributed by atoms with Crippen molar-refractivity contribution in [3.63, 3.8) is 0 Å². The summed E-state index contributed by atoms with van der Waals surface area (Å²) in [6, 6.07) is 12.6. The molecule has 0 spiro atoms. The molecule has 0 radical (unpaired) electrons. The van der Waals surface area contributed by atoms with Crippen LogP contribution in [0.3, 0.4) is 0 Å². The van der Waals surface area contributed by atoms with Crippen LogP contribution in [0.4, 0.5) is 5.69 Å². The van der Waals surface area contributed by atoms with E-state index in [9.17, 15) is 5.26 Å². The zero-order valence-electron chi connectivity index (χ0n) is 20.4. The van der Waals surface area contributed by atoms with Gasteiger partial charge in [-0.25, -0.2) is 4.98 Å². The first-order valence-corrected chi connectivity index (χ1v) is 11.4. The summed E-state index contributed by atoms with van der Waals surface area (Å²) in [7, 11) is 1.67. The fraction of sp³-hybridized carbons (Fsp3) is 0.538. The van der Waals surface area contributed by atoms with Gasteiger partial charge >= 0.3 is 0 Å². The molecular formula is C26H39N3O2. The summed E-state index contributed by atoms with van der Waals surface area (Å²) < 4.78 is 11.3. The molecule has 0 atom stereocenters. The maximum absolute atomic E-state index is 9.81. The van der Waals surface area contributed by atoms with Crippen molar-refractivity contribution >= 4 is 5.69 Å². The van der Waals surface area contributed by atoms with Crippen LogP contribution in [-0.2, 0) is 4.74 Å². The number of nitrogens with zero attached hydrogens (tertiary/aromatic N) is 3. The van der Waals surface area contributed by atoms with Crippen molar-refractivity contribution in [2.75, 3.05) is 31.7 Å². The van der Waals surface area contributed by atoms with Gasteiger partial charge in [-0.3, -0.25) is 0 Å². The van der Waals surface area contributed by atoms with Gasteiger partial charge in [0.2, 0.25) is 5.88 Å². The van der Waals surface area contributed by atoms with Gasteiger partial charge < -0.3 is 14.4 Å². The van der Waals surface area contributed by atoms with E-state index >= 15 is 0 Å². The molecule has 170 valence electrons. The fourth-order valence-electron chi connectivity index (χ4n) is 3.29. The van der Waals surface area contributed by atoms with E-state index in [1.807, 2.05) is 33.8 Å². The van der Waals surface area contributed by atoms with E-state index < -0.39 is 5.60 Å². The molecule has 1 aromatic carbocycles. The Morgan fingerprint density at radius 1 is 1.03 bits per heavy atom. The zero-order chi connectivity index (χ0) is 23.3. The molecule has 5 nitrogen and oxygen atoms in total. The van der Waals surface area contributed by atoms with Gasteiger partial charge in [0.25, 0.3) is 0 Å². The summed E-state index contributed by atoms with van der Waals surface area (Å²) in [5.41, 5.74) is 3.02. The van der Waals surface area contributed by atoms with Gasteiger partial charge in [0.05, 0.1) is 0 Å². The molecule has 0 amide bonds. The number of anilines is 1. The summed E-state index contributed by atoms with van der Waals surface area (Å²) in [6.07, 6.45) is 4.64. The van der Waals surface area contributed by atoms with E-state index in [0.717, 1.165) is 37.1 Å². The highest BCUT2D eigenvalue weighted by Gasteiger charge is 2.23. The number of nitriles is 1. The van der Waals surface area contributed by atoms with Crippen LogP contribution in [0, 0.1) is 11.3 Å². The van der Waals surface area contributed by atoms with Crippen molar-refractivity contribution < 1.29 is 9.47 Å². The average molecular weight is 426 g/mol. The number of methoxy groups -OCH3 is 1. The minimum Gasteiger partial charge on any atom is -0.471 e. The minimum atomic E-state index is -0.474.